The van der Waals surface area contributed by atoms with Gasteiger partial charge in [-0.25, -0.2) is 13.4 Å². The number of hydrogen-bond acceptors (Lipinski definition) is 7. The van der Waals surface area contributed by atoms with Gasteiger partial charge in [-0.2, -0.15) is 0 Å². The fraction of sp³-hybridized carbons (Fsp3) is 0.276. The fourth-order valence-electron chi connectivity index (χ4n) is 4.59. The molecule has 0 aliphatic carbocycles. The molecule has 5 rings (SSSR count). The van der Waals surface area contributed by atoms with Crippen LogP contribution in [0.1, 0.15) is 20.8 Å². The second-order valence-electron chi connectivity index (χ2n) is 10.6. The number of anilines is 2. The summed E-state index contributed by atoms with van der Waals surface area (Å²) in [5.41, 5.74) is 0.849. The molecule has 10 nitrogen and oxygen atoms in total. The van der Waals surface area contributed by atoms with Crippen LogP contribution in [0.5, 0.6) is 0 Å². The molecular formula is C29H28Cl2N4O6S. The Morgan fingerprint density at radius 3 is 2.50 bits per heavy atom. The molecule has 2 aromatic heterocycles. The van der Waals surface area contributed by atoms with Gasteiger partial charge in [-0.3, -0.25) is 13.9 Å². The van der Waals surface area contributed by atoms with E-state index in [4.69, 9.17) is 32.7 Å². The van der Waals surface area contributed by atoms with Gasteiger partial charge in [0, 0.05) is 46.1 Å². The fourth-order valence-corrected chi connectivity index (χ4v) is 6.72. The molecular weight excluding hydrogens is 603 g/mol. The highest BCUT2D eigenvalue weighted by Gasteiger charge is 2.30. The number of pyridine rings is 1. The second kappa shape index (κ2) is 11.6. The van der Waals surface area contributed by atoms with Crippen molar-refractivity contribution in [2.75, 3.05) is 35.5 Å². The number of halogens is 2. The molecule has 0 saturated carbocycles. The van der Waals surface area contributed by atoms with E-state index in [-0.39, 0.29) is 33.1 Å². The Labute approximate surface area is 253 Å². The third-order valence-corrected chi connectivity index (χ3v) is 8.54. The third-order valence-electron chi connectivity index (χ3n) is 6.35. The number of hydrogen-bond donors (Lipinski definition) is 0. The maximum Gasteiger partial charge on any atom is 0.327 e. The van der Waals surface area contributed by atoms with Crippen molar-refractivity contribution in [3.63, 3.8) is 0 Å². The van der Waals surface area contributed by atoms with E-state index < -0.39 is 28.1 Å². The summed E-state index contributed by atoms with van der Waals surface area (Å²) in [6.07, 6.45) is 3.42. The summed E-state index contributed by atoms with van der Waals surface area (Å²) in [4.78, 5) is 31.2. The predicted molar refractivity (Wildman–Crippen MR) is 161 cm³/mol. The van der Waals surface area contributed by atoms with Crippen molar-refractivity contribution in [2.24, 2.45) is 0 Å². The van der Waals surface area contributed by atoms with E-state index in [1.165, 1.54) is 18.2 Å². The molecule has 0 spiro atoms. The molecule has 0 bridgehead atoms. The number of nitrogens with zero attached hydrogens (tertiary/aromatic N) is 4. The van der Waals surface area contributed by atoms with Gasteiger partial charge >= 0.3 is 5.97 Å². The van der Waals surface area contributed by atoms with Gasteiger partial charge in [-0.15, -0.1) is 0 Å². The first-order valence-electron chi connectivity index (χ1n) is 13.0. The lowest BCUT2D eigenvalue weighted by atomic mass is 10.2. The molecule has 2 aromatic carbocycles. The molecule has 220 valence electrons. The Bertz CT molecular complexity index is 1760. The quantitative estimate of drug-likeness (QED) is 0.257. The first-order valence-corrected chi connectivity index (χ1v) is 15.2. The van der Waals surface area contributed by atoms with Crippen LogP contribution in [0.25, 0.3) is 16.7 Å². The van der Waals surface area contributed by atoms with Gasteiger partial charge in [0.1, 0.15) is 24.6 Å². The third kappa shape index (κ3) is 6.39. The van der Waals surface area contributed by atoms with Crippen LogP contribution < -0.4 is 9.21 Å². The minimum Gasteiger partial charge on any atom is -0.459 e. The van der Waals surface area contributed by atoms with Gasteiger partial charge in [0.05, 0.1) is 22.7 Å². The maximum atomic E-state index is 13.9. The van der Waals surface area contributed by atoms with Crippen LogP contribution in [0, 0.1) is 0 Å². The van der Waals surface area contributed by atoms with E-state index in [2.05, 4.69) is 4.98 Å². The molecule has 1 saturated heterocycles. The van der Waals surface area contributed by atoms with Crippen LogP contribution in [0.2, 0.25) is 10.0 Å². The van der Waals surface area contributed by atoms with Crippen molar-refractivity contribution in [3.8, 4) is 5.82 Å². The summed E-state index contributed by atoms with van der Waals surface area (Å²) in [5, 5.41) is 0.967. The van der Waals surface area contributed by atoms with E-state index in [9.17, 15) is 18.0 Å². The second-order valence-corrected chi connectivity index (χ2v) is 13.3. The monoisotopic (exact) mass is 630 g/mol. The zero-order valence-electron chi connectivity index (χ0n) is 23.1. The topological polar surface area (TPSA) is 111 Å². The van der Waals surface area contributed by atoms with Gasteiger partial charge in [0.15, 0.2) is 0 Å². The molecule has 0 N–H and O–H groups in total. The molecule has 4 aromatic rings. The molecule has 1 fully saturated rings. The largest absolute Gasteiger partial charge is 0.459 e. The van der Waals surface area contributed by atoms with Crippen LogP contribution in [0.4, 0.5) is 11.4 Å². The smallest absolute Gasteiger partial charge is 0.327 e. The summed E-state index contributed by atoms with van der Waals surface area (Å²) in [7, 11) is -4.29. The van der Waals surface area contributed by atoms with Crippen molar-refractivity contribution >= 4 is 67.4 Å². The van der Waals surface area contributed by atoms with Gasteiger partial charge in [0.2, 0.25) is 0 Å². The molecule has 1 aliphatic heterocycles. The number of carbonyl (C=O) groups is 2. The summed E-state index contributed by atoms with van der Waals surface area (Å²) < 4.78 is 41.2. The minimum absolute atomic E-state index is 0.0248. The van der Waals surface area contributed by atoms with Gasteiger partial charge < -0.3 is 18.9 Å². The Balaban J connectivity index is 1.54. The average Bonchev–Trinajstić information content (AvgIpc) is 3.34. The standard InChI is InChI=1S/C29H28Cl2N4O6S/c1-29(2,3)41-28(37)17-35(42(38,39)24-14-20(30)13-21(31)15-24)23-4-5-25-19(12-23)7-9-34(25)26-16-22(6-8-32-26)33-10-11-40-18-27(33)36/h4-9,12-16H,10-11,17-18H2,1-3H3. The number of benzene rings is 2. The number of esters is 1. The van der Waals surface area contributed by atoms with E-state index >= 15 is 0 Å². The van der Waals surface area contributed by atoms with Gasteiger partial charge in [-0.1, -0.05) is 23.2 Å². The van der Waals surface area contributed by atoms with Crippen LogP contribution in [-0.2, 0) is 29.1 Å². The van der Waals surface area contributed by atoms with Crippen LogP contribution >= 0.6 is 23.2 Å². The SMILES string of the molecule is CC(C)(C)OC(=O)CN(c1ccc2c(ccn2-c2cc(N3CCOCC3=O)ccn2)c1)S(=O)(=O)c1cc(Cl)cc(Cl)c1. The minimum atomic E-state index is -4.29. The zero-order valence-corrected chi connectivity index (χ0v) is 25.4. The van der Waals surface area contributed by atoms with Crippen molar-refractivity contribution in [2.45, 2.75) is 31.3 Å². The highest BCUT2D eigenvalue weighted by Crippen LogP contribution is 2.32. The van der Waals surface area contributed by atoms with Crippen molar-refractivity contribution in [1.82, 2.24) is 9.55 Å². The van der Waals surface area contributed by atoms with Gasteiger partial charge in [0.25, 0.3) is 15.9 Å². The number of rotatable bonds is 7. The number of aromatic nitrogens is 2. The summed E-state index contributed by atoms with van der Waals surface area (Å²) in [6, 6.07) is 14.3. The van der Waals surface area contributed by atoms with Crippen molar-refractivity contribution in [1.29, 1.82) is 0 Å². The first-order chi connectivity index (χ1) is 19.8. The van der Waals surface area contributed by atoms with Crippen LogP contribution in [0.3, 0.4) is 0 Å². The zero-order chi connectivity index (χ0) is 30.2. The molecule has 3 heterocycles. The maximum absolute atomic E-state index is 13.9. The van der Waals surface area contributed by atoms with Crippen molar-refractivity contribution in [3.05, 3.63) is 77.0 Å². The molecule has 13 heteroatoms. The van der Waals surface area contributed by atoms with E-state index in [1.807, 2.05) is 10.6 Å². The lowest BCUT2D eigenvalue weighted by molar-refractivity contribution is -0.152. The van der Waals surface area contributed by atoms with Gasteiger partial charge in [-0.05, 0) is 69.3 Å². The van der Waals surface area contributed by atoms with E-state index in [1.54, 1.807) is 68.4 Å². The molecule has 0 atom stereocenters. The number of fused-ring (bicyclic) bond motifs is 1. The van der Waals surface area contributed by atoms with E-state index in [0.29, 0.717) is 30.0 Å². The highest BCUT2D eigenvalue weighted by molar-refractivity contribution is 7.92. The van der Waals surface area contributed by atoms with Crippen LogP contribution in [0.15, 0.2) is 71.9 Å². The molecule has 1 aliphatic rings. The lowest BCUT2D eigenvalue weighted by Gasteiger charge is -2.27. The Kier molecular flexibility index (Phi) is 8.21. The van der Waals surface area contributed by atoms with Crippen molar-refractivity contribution < 1.29 is 27.5 Å². The molecule has 0 unspecified atom stereocenters. The number of amides is 1. The first kappa shape index (κ1) is 29.8. The van der Waals surface area contributed by atoms with Crippen LogP contribution in [-0.4, -0.2) is 61.7 Å². The summed E-state index contributed by atoms with van der Waals surface area (Å²) in [6.45, 7) is 5.44. The highest BCUT2D eigenvalue weighted by atomic mass is 35.5. The lowest BCUT2D eigenvalue weighted by Crippen LogP contribution is -2.41. The summed E-state index contributed by atoms with van der Waals surface area (Å²) in [5.74, 6) is -0.287. The Hall–Kier alpha value is -3.64. The number of ether oxygens (including phenoxy) is 2. The number of sulfonamides is 1. The Morgan fingerprint density at radius 1 is 1.07 bits per heavy atom. The number of morpholine rings is 1. The normalized spacial score (nSPS) is 14.3. The molecule has 0 radical (unpaired) electrons. The summed E-state index contributed by atoms with van der Waals surface area (Å²) >= 11 is 12.2. The number of carbonyl (C=O) groups excluding carboxylic acids is 2. The van der Waals surface area contributed by atoms with E-state index in [0.717, 1.165) is 9.82 Å². The predicted octanol–water partition coefficient (Wildman–Crippen LogP) is 5.23. The molecule has 1 amide bonds. The molecule has 42 heavy (non-hydrogen) atoms. The average molecular weight is 632 g/mol. The Morgan fingerprint density at radius 2 is 1.81 bits per heavy atom.